The van der Waals surface area contributed by atoms with Gasteiger partial charge in [-0.3, -0.25) is 9.40 Å². The summed E-state index contributed by atoms with van der Waals surface area (Å²) < 4.78 is 69.8. The largest absolute Gasteiger partial charge is 0.419 e. The molecular weight excluding hydrogens is 445 g/mol. The fraction of sp³-hybridized carbons (Fsp3) is 0.250. The van der Waals surface area contributed by atoms with Crippen LogP contribution >= 0.6 is 0 Å². The van der Waals surface area contributed by atoms with Crippen molar-refractivity contribution in [3.8, 4) is 5.82 Å². The van der Waals surface area contributed by atoms with Crippen molar-refractivity contribution >= 4 is 26.6 Å². The molecule has 4 aromatic rings. The summed E-state index contributed by atoms with van der Waals surface area (Å²) in [6.45, 7) is 0. The van der Waals surface area contributed by atoms with Crippen LogP contribution < -0.4 is 4.72 Å². The van der Waals surface area contributed by atoms with E-state index in [-0.39, 0.29) is 16.6 Å². The minimum atomic E-state index is -4.53. The summed E-state index contributed by atoms with van der Waals surface area (Å²) in [6, 6.07) is 6.41. The number of aromatic nitrogens is 5. The number of pyridine rings is 1. The molecule has 5 rings (SSSR count). The van der Waals surface area contributed by atoms with Gasteiger partial charge in [-0.1, -0.05) is 12.1 Å². The zero-order valence-corrected chi connectivity index (χ0v) is 17.5. The fourth-order valence-corrected chi connectivity index (χ4v) is 4.62. The van der Waals surface area contributed by atoms with Crippen molar-refractivity contribution in [1.29, 1.82) is 0 Å². The standard InChI is InChI=1S/C20H17F3N6O2S/c1-28-19-13(8-25-28)4-6-16(12-2-3-12)18(19)27-32(30,31)15-5-7-17(24-10-15)29-11-14(9-26-29)20(21,22)23/h4-12,27H,2-3H2,1H3. The molecule has 1 aromatic carbocycles. The topological polar surface area (TPSA) is 94.7 Å². The van der Waals surface area contributed by atoms with Gasteiger partial charge in [0.05, 0.1) is 29.2 Å². The Balaban J connectivity index is 1.48. The summed E-state index contributed by atoms with van der Waals surface area (Å²) in [4.78, 5) is 3.87. The Morgan fingerprint density at radius 3 is 2.47 bits per heavy atom. The van der Waals surface area contributed by atoms with E-state index in [2.05, 4.69) is 19.9 Å². The first-order chi connectivity index (χ1) is 15.1. The van der Waals surface area contributed by atoms with Crippen molar-refractivity contribution in [1.82, 2.24) is 24.5 Å². The average molecular weight is 462 g/mol. The molecule has 1 aliphatic carbocycles. The van der Waals surface area contributed by atoms with E-state index < -0.39 is 21.8 Å². The van der Waals surface area contributed by atoms with Gasteiger partial charge in [-0.05, 0) is 36.5 Å². The first-order valence-electron chi connectivity index (χ1n) is 9.69. The molecule has 166 valence electrons. The highest BCUT2D eigenvalue weighted by Gasteiger charge is 2.33. The third-order valence-electron chi connectivity index (χ3n) is 5.36. The Hall–Kier alpha value is -3.41. The van der Waals surface area contributed by atoms with Crippen LogP contribution in [-0.4, -0.2) is 33.0 Å². The number of hydrogen-bond donors (Lipinski definition) is 1. The van der Waals surface area contributed by atoms with Crippen LogP contribution in [0.4, 0.5) is 18.9 Å². The summed E-state index contributed by atoms with van der Waals surface area (Å²) in [6.07, 6.45) is 1.67. The van der Waals surface area contributed by atoms with Crippen LogP contribution in [0.2, 0.25) is 0 Å². The van der Waals surface area contributed by atoms with E-state index in [9.17, 15) is 21.6 Å². The number of benzene rings is 1. The number of sulfonamides is 1. The Labute approximate surface area is 180 Å². The quantitative estimate of drug-likeness (QED) is 0.486. The van der Waals surface area contributed by atoms with Gasteiger partial charge in [-0.15, -0.1) is 0 Å². The van der Waals surface area contributed by atoms with Gasteiger partial charge in [-0.2, -0.15) is 23.4 Å². The van der Waals surface area contributed by atoms with Crippen LogP contribution in [0, 0.1) is 0 Å². The highest BCUT2D eigenvalue weighted by atomic mass is 32.2. The normalized spacial score (nSPS) is 14.8. The van der Waals surface area contributed by atoms with Crippen molar-refractivity contribution < 1.29 is 21.6 Å². The minimum Gasteiger partial charge on any atom is -0.277 e. The molecule has 0 aliphatic heterocycles. The third-order valence-corrected chi connectivity index (χ3v) is 6.70. The fourth-order valence-electron chi connectivity index (χ4n) is 3.58. The van der Waals surface area contributed by atoms with Gasteiger partial charge >= 0.3 is 6.18 Å². The Kier molecular flexibility index (Phi) is 4.52. The summed E-state index contributed by atoms with van der Waals surface area (Å²) >= 11 is 0. The smallest absolute Gasteiger partial charge is 0.277 e. The molecule has 0 atom stereocenters. The zero-order chi connectivity index (χ0) is 22.7. The molecule has 1 N–H and O–H groups in total. The van der Waals surface area contributed by atoms with Crippen molar-refractivity contribution in [2.75, 3.05) is 4.72 Å². The van der Waals surface area contributed by atoms with Crippen molar-refractivity contribution in [3.63, 3.8) is 0 Å². The van der Waals surface area contributed by atoms with Gasteiger partial charge in [0.25, 0.3) is 10.0 Å². The molecule has 1 aliphatic rings. The predicted molar refractivity (Wildman–Crippen MR) is 110 cm³/mol. The zero-order valence-electron chi connectivity index (χ0n) is 16.7. The van der Waals surface area contributed by atoms with Gasteiger partial charge in [0.2, 0.25) is 0 Å². The second-order valence-corrected chi connectivity index (χ2v) is 9.32. The lowest BCUT2D eigenvalue weighted by molar-refractivity contribution is -0.137. The molecule has 1 saturated carbocycles. The number of aryl methyl sites for hydroxylation is 1. The number of nitrogens with one attached hydrogen (secondary N) is 1. The molecule has 1 fully saturated rings. The number of fused-ring (bicyclic) bond motifs is 1. The van der Waals surface area contributed by atoms with E-state index in [0.717, 1.165) is 40.9 Å². The van der Waals surface area contributed by atoms with E-state index >= 15 is 0 Å². The summed E-state index contributed by atoms with van der Waals surface area (Å²) in [5, 5.41) is 8.68. The van der Waals surface area contributed by atoms with Gasteiger partial charge in [0, 0.05) is 24.8 Å². The van der Waals surface area contributed by atoms with E-state index in [1.54, 1.807) is 17.9 Å². The number of hydrogen-bond acceptors (Lipinski definition) is 5. The van der Waals surface area contributed by atoms with Gasteiger partial charge in [0.1, 0.15) is 4.90 Å². The van der Waals surface area contributed by atoms with Crippen molar-refractivity contribution in [2.45, 2.75) is 29.8 Å². The van der Waals surface area contributed by atoms with E-state index in [4.69, 9.17) is 0 Å². The second-order valence-electron chi connectivity index (χ2n) is 7.64. The van der Waals surface area contributed by atoms with E-state index in [1.165, 1.54) is 12.1 Å². The first kappa shape index (κ1) is 20.5. The lowest BCUT2D eigenvalue weighted by Gasteiger charge is -2.14. The maximum absolute atomic E-state index is 13.1. The number of anilines is 1. The maximum atomic E-state index is 13.1. The molecule has 8 nitrogen and oxygen atoms in total. The molecule has 3 heterocycles. The van der Waals surface area contributed by atoms with E-state index in [0.29, 0.717) is 17.4 Å². The molecule has 0 bridgehead atoms. The predicted octanol–water partition coefficient (Wildman–Crippen LogP) is 3.85. The molecule has 12 heteroatoms. The molecule has 0 radical (unpaired) electrons. The molecule has 0 amide bonds. The van der Waals surface area contributed by atoms with Crippen LogP contribution in [-0.2, 0) is 23.2 Å². The highest BCUT2D eigenvalue weighted by Crippen LogP contribution is 2.46. The van der Waals surface area contributed by atoms with Crippen LogP contribution in [0.3, 0.4) is 0 Å². The lowest BCUT2D eigenvalue weighted by Crippen LogP contribution is -2.16. The molecule has 3 aromatic heterocycles. The molecule has 0 unspecified atom stereocenters. The van der Waals surface area contributed by atoms with Gasteiger partial charge < -0.3 is 0 Å². The van der Waals surface area contributed by atoms with Crippen LogP contribution in [0.25, 0.3) is 16.7 Å². The molecule has 0 saturated heterocycles. The van der Waals surface area contributed by atoms with Crippen LogP contribution in [0.15, 0.2) is 53.9 Å². The Bertz CT molecular complexity index is 1420. The van der Waals surface area contributed by atoms with Crippen molar-refractivity contribution in [2.24, 2.45) is 7.05 Å². The Morgan fingerprint density at radius 1 is 1.06 bits per heavy atom. The maximum Gasteiger partial charge on any atom is 0.419 e. The second kappa shape index (κ2) is 7.05. The van der Waals surface area contributed by atoms with E-state index in [1.807, 2.05) is 12.1 Å². The van der Waals surface area contributed by atoms with Gasteiger partial charge in [0.15, 0.2) is 5.82 Å². The van der Waals surface area contributed by atoms with Gasteiger partial charge in [-0.25, -0.2) is 18.1 Å². The first-order valence-corrected chi connectivity index (χ1v) is 11.2. The number of halogens is 3. The number of nitrogens with zero attached hydrogens (tertiary/aromatic N) is 5. The highest BCUT2D eigenvalue weighted by molar-refractivity contribution is 7.92. The molecule has 0 spiro atoms. The number of alkyl halides is 3. The molecular formula is C20H17F3N6O2S. The van der Waals surface area contributed by atoms with Crippen LogP contribution in [0.5, 0.6) is 0 Å². The third kappa shape index (κ3) is 3.60. The number of rotatable bonds is 5. The Morgan fingerprint density at radius 2 is 1.84 bits per heavy atom. The monoisotopic (exact) mass is 462 g/mol. The van der Waals surface area contributed by atoms with Crippen LogP contribution in [0.1, 0.15) is 29.9 Å². The van der Waals surface area contributed by atoms with Crippen molar-refractivity contribution in [3.05, 3.63) is 60.2 Å². The SMILES string of the molecule is Cn1ncc2ccc(C3CC3)c(NS(=O)(=O)c3ccc(-n4cc(C(F)(F)F)cn4)nc3)c21. The average Bonchev–Trinajstić information content (AvgIpc) is 3.31. The molecule has 32 heavy (non-hydrogen) atoms. The lowest BCUT2D eigenvalue weighted by atomic mass is 10.1. The summed E-state index contributed by atoms with van der Waals surface area (Å²) in [7, 11) is -2.27. The minimum absolute atomic E-state index is 0.0619. The summed E-state index contributed by atoms with van der Waals surface area (Å²) in [5.41, 5.74) is 1.15. The summed E-state index contributed by atoms with van der Waals surface area (Å²) in [5.74, 6) is 0.349.